The molecule has 4 nitrogen and oxygen atoms in total. The SMILES string of the molecule is CCOC(=O)c1cc2cc(C(CC)(CC)c3ccc(O)cc3)ccc2o1. The van der Waals surface area contributed by atoms with Gasteiger partial charge >= 0.3 is 5.97 Å². The number of esters is 1. The number of benzene rings is 2. The Bertz CT molecular complexity index is 902. The zero-order chi connectivity index (χ0) is 18.7. The lowest BCUT2D eigenvalue weighted by Crippen LogP contribution is -2.25. The summed E-state index contributed by atoms with van der Waals surface area (Å²) in [4.78, 5) is 11.9. The zero-order valence-electron chi connectivity index (χ0n) is 15.4. The van der Waals surface area contributed by atoms with Gasteiger partial charge in [-0.3, -0.25) is 0 Å². The lowest BCUT2D eigenvalue weighted by Gasteiger charge is -2.33. The number of fused-ring (bicyclic) bond motifs is 1. The first-order valence-corrected chi connectivity index (χ1v) is 9.04. The lowest BCUT2D eigenvalue weighted by molar-refractivity contribution is 0.0492. The molecule has 0 saturated heterocycles. The molecule has 26 heavy (non-hydrogen) atoms. The molecule has 1 aromatic heterocycles. The maximum absolute atomic E-state index is 11.9. The molecule has 0 atom stereocenters. The Kier molecular flexibility index (Phi) is 5.03. The molecule has 2 aromatic carbocycles. The van der Waals surface area contributed by atoms with Crippen LogP contribution in [0.1, 0.15) is 55.3 Å². The first kappa shape index (κ1) is 18.1. The second-order valence-electron chi connectivity index (χ2n) is 6.42. The molecule has 0 fully saturated rings. The van der Waals surface area contributed by atoms with Gasteiger partial charge in [0, 0.05) is 10.8 Å². The molecule has 136 valence electrons. The zero-order valence-corrected chi connectivity index (χ0v) is 15.4. The third-order valence-corrected chi connectivity index (χ3v) is 5.17. The van der Waals surface area contributed by atoms with E-state index in [1.54, 1.807) is 25.1 Å². The van der Waals surface area contributed by atoms with Gasteiger partial charge in [-0.2, -0.15) is 0 Å². The molecule has 0 spiro atoms. The highest BCUT2D eigenvalue weighted by Crippen LogP contribution is 2.40. The second-order valence-corrected chi connectivity index (χ2v) is 6.42. The van der Waals surface area contributed by atoms with E-state index < -0.39 is 5.97 Å². The number of rotatable bonds is 6. The van der Waals surface area contributed by atoms with Crippen molar-refractivity contribution in [2.45, 2.75) is 39.0 Å². The van der Waals surface area contributed by atoms with Gasteiger partial charge in [-0.05, 0) is 61.2 Å². The number of aromatic hydroxyl groups is 1. The average Bonchev–Trinajstić information content (AvgIpc) is 3.08. The lowest BCUT2D eigenvalue weighted by atomic mass is 9.70. The summed E-state index contributed by atoms with van der Waals surface area (Å²) in [5, 5.41) is 10.5. The van der Waals surface area contributed by atoms with Crippen molar-refractivity contribution < 1.29 is 19.1 Å². The van der Waals surface area contributed by atoms with Crippen LogP contribution in [-0.2, 0) is 10.2 Å². The Morgan fingerprint density at radius 1 is 1.00 bits per heavy atom. The van der Waals surface area contributed by atoms with E-state index in [0.29, 0.717) is 12.2 Å². The second kappa shape index (κ2) is 7.24. The van der Waals surface area contributed by atoms with Gasteiger partial charge in [0.15, 0.2) is 0 Å². The Morgan fingerprint density at radius 3 is 2.27 bits per heavy atom. The number of carbonyl (C=O) groups is 1. The fourth-order valence-corrected chi connectivity index (χ4v) is 3.66. The summed E-state index contributed by atoms with van der Waals surface area (Å²) < 4.78 is 10.7. The maximum atomic E-state index is 11.9. The van der Waals surface area contributed by atoms with Gasteiger partial charge in [-0.15, -0.1) is 0 Å². The van der Waals surface area contributed by atoms with Gasteiger partial charge in [-0.25, -0.2) is 4.79 Å². The summed E-state index contributed by atoms with van der Waals surface area (Å²) >= 11 is 0. The van der Waals surface area contributed by atoms with Crippen LogP contribution in [0.4, 0.5) is 0 Å². The summed E-state index contributed by atoms with van der Waals surface area (Å²) in [6.45, 7) is 6.42. The van der Waals surface area contributed by atoms with Gasteiger partial charge in [0.25, 0.3) is 0 Å². The molecule has 4 heteroatoms. The van der Waals surface area contributed by atoms with Crippen molar-refractivity contribution in [1.29, 1.82) is 0 Å². The quantitative estimate of drug-likeness (QED) is 0.602. The van der Waals surface area contributed by atoms with Gasteiger partial charge in [0.1, 0.15) is 11.3 Å². The predicted molar refractivity (Wildman–Crippen MR) is 102 cm³/mol. The molecule has 0 bridgehead atoms. The summed E-state index contributed by atoms with van der Waals surface area (Å²) in [7, 11) is 0. The Balaban J connectivity index is 2.08. The van der Waals surface area contributed by atoms with Crippen LogP contribution >= 0.6 is 0 Å². The van der Waals surface area contributed by atoms with Crippen molar-refractivity contribution in [2.24, 2.45) is 0 Å². The highest BCUT2D eigenvalue weighted by molar-refractivity contribution is 5.92. The number of carbonyl (C=O) groups excluding carboxylic acids is 1. The summed E-state index contributed by atoms with van der Waals surface area (Å²) in [6, 6.07) is 15.2. The highest BCUT2D eigenvalue weighted by atomic mass is 16.5. The van der Waals surface area contributed by atoms with Gasteiger partial charge < -0.3 is 14.3 Å². The molecule has 3 aromatic rings. The molecule has 0 amide bonds. The summed E-state index contributed by atoms with van der Waals surface area (Å²) in [6.07, 6.45) is 1.84. The van der Waals surface area contributed by atoms with Crippen LogP contribution in [-0.4, -0.2) is 17.7 Å². The topological polar surface area (TPSA) is 59.7 Å². The largest absolute Gasteiger partial charge is 0.508 e. The van der Waals surface area contributed by atoms with Gasteiger partial charge in [0.2, 0.25) is 5.76 Å². The minimum absolute atomic E-state index is 0.163. The smallest absolute Gasteiger partial charge is 0.374 e. The number of phenolic OH excluding ortho intramolecular Hbond substituents is 1. The van der Waals surface area contributed by atoms with E-state index in [1.165, 1.54) is 0 Å². The van der Waals surface area contributed by atoms with Crippen LogP contribution in [0, 0.1) is 0 Å². The van der Waals surface area contributed by atoms with E-state index >= 15 is 0 Å². The highest BCUT2D eigenvalue weighted by Gasteiger charge is 2.31. The monoisotopic (exact) mass is 352 g/mol. The molecule has 0 unspecified atom stereocenters. The van der Waals surface area contributed by atoms with E-state index in [0.717, 1.165) is 29.4 Å². The summed E-state index contributed by atoms with van der Waals surface area (Å²) in [5.41, 5.74) is 2.83. The third kappa shape index (κ3) is 3.07. The number of ether oxygens (including phenoxy) is 1. The van der Waals surface area contributed by atoms with Crippen LogP contribution < -0.4 is 0 Å². The van der Waals surface area contributed by atoms with Crippen molar-refractivity contribution in [3.8, 4) is 5.75 Å². The molecule has 0 radical (unpaired) electrons. The van der Waals surface area contributed by atoms with Crippen molar-refractivity contribution in [1.82, 2.24) is 0 Å². The van der Waals surface area contributed by atoms with Gasteiger partial charge in [0.05, 0.1) is 6.61 Å². The number of hydrogen-bond acceptors (Lipinski definition) is 4. The first-order valence-electron chi connectivity index (χ1n) is 9.04. The summed E-state index contributed by atoms with van der Waals surface area (Å²) in [5.74, 6) is 0.0440. The van der Waals surface area contributed by atoms with E-state index in [9.17, 15) is 9.90 Å². The molecule has 1 heterocycles. The number of hydrogen-bond donors (Lipinski definition) is 1. The molecule has 0 aliphatic carbocycles. The first-order chi connectivity index (χ1) is 12.5. The van der Waals surface area contributed by atoms with Crippen LogP contribution in [0.25, 0.3) is 11.0 Å². The molecule has 0 aliphatic rings. The Hall–Kier alpha value is -2.75. The Labute approximate surface area is 153 Å². The van der Waals surface area contributed by atoms with Crippen LogP contribution in [0.15, 0.2) is 52.9 Å². The molecule has 0 saturated carbocycles. The standard InChI is InChI=1S/C22H24O4/c1-4-22(5-2,16-7-10-18(23)11-8-16)17-9-12-19-15(13-17)14-20(26-19)21(24)25-6-3/h7-14,23H,4-6H2,1-3H3. The number of furan rings is 1. The fourth-order valence-electron chi connectivity index (χ4n) is 3.66. The van der Waals surface area contributed by atoms with Crippen LogP contribution in [0.3, 0.4) is 0 Å². The number of phenols is 1. The molecule has 3 rings (SSSR count). The van der Waals surface area contributed by atoms with E-state index in [-0.39, 0.29) is 16.9 Å². The molecule has 0 aliphatic heterocycles. The van der Waals surface area contributed by atoms with Crippen molar-refractivity contribution in [3.05, 3.63) is 65.4 Å². The molecule has 1 N–H and O–H groups in total. The predicted octanol–water partition coefficient (Wildman–Crippen LogP) is 5.42. The van der Waals surface area contributed by atoms with E-state index in [4.69, 9.17) is 9.15 Å². The minimum atomic E-state index is -0.443. The maximum Gasteiger partial charge on any atom is 0.374 e. The van der Waals surface area contributed by atoms with Gasteiger partial charge in [-0.1, -0.05) is 32.0 Å². The van der Waals surface area contributed by atoms with Crippen molar-refractivity contribution >= 4 is 16.9 Å². The normalized spacial score (nSPS) is 11.7. The third-order valence-electron chi connectivity index (χ3n) is 5.17. The van der Waals surface area contributed by atoms with Crippen LogP contribution in [0.2, 0.25) is 0 Å². The molecular weight excluding hydrogens is 328 g/mol. The van der Waals surface area contributed by atoms with E-state index in [1.807, 2.05) is 18.2 Å². The fraction of sp³-hybridized carbons (Fsp3) is 0.318. The van der Waals surface area contributed by atoms with Crippen molar-refractivity contribution in [3.63, 3.8) is 0 Å². The Morgan fingerprint density at radius 2 is 1.65 bits per heavy atom. The van der Waals surface area contributed by atoms with Crippen LogP contribution in [0.5, 0.6) is 5.75 Å². The van der Waals surface area contributed by atoms with E-state index in [2.05, 4.69) is 26.0 Å². The minimum Gasteiger partial charge on any atom is -0.508 e. The average molecular weight is 352 g/mol. The molecular formula is C22H24O4. The van der Waals surface area contributed by atoms with Crippen molar-refractivity contribution in [2.75, 3.05) is 6.61 Å².